The van der Waals surface area contributed by atoms with Crippen LogP contribution < -0.4 is 5.73 Å². The highest BCUT2D eigenvalue weighted by molar-refractivity contribution is 9.10. The molecule has 16 heavy (non-hydrogen) atoms. The number of rotatable bonds is 3. The number of hydrogen-bond acceptors (Lipinski definition) is 5. The van der Waals surface area contributed by atoms with Gasteiger partial charge < -0.3 is 15.0 Å². The molecule has 0 fully saturated rings. The first-order chi connectivity index (χ1) is 7.70. The summed E-state index contributed by atoms with van der Waals surface area (Å²) < 4.78 is 10.8. The van der Waals surface area contributed by atoms with E-state index in [-0.39, 0.29) is 0 Å². The van der Waals surface area contributed by atoms with Crippen LogP contribution >= 0.6 is 15.9 Å². The van der Waals surface area contributed by atoms with Crippen LogP contribution in [0.1, 0.15) is 5.82 Å². The zero-order valence-electron chi connectivity index (χ0n) is 8.61. The second-order valence-corrected chi connectivity index (χ2v) is 4.04. The standard InChI is InChI=1S/C10H10BrN3O2/c1-15-5-9-13-10(16-14-9)6-2-3-8(12)7(11)4-6/h2-4H,5,12H2,1H3. The maximum Gasteiger partial charge on any atom is 0.258 e. The molecule has 2 aromatic rings. The Morgan fingerprint density at radius 1 is 1.50 bits per heavy atom. The number of aromatic nitrogens is 2. The van der Waals surface area contributed by atoms with E-state index in [1.54, 1.807) is 13.2 Å². The molecule has 0 aliphatic carbocycles. The van der Waals surface area contributed by atoms with E-state index in [1.807, 2.05) is 12.1 Å². The van der Waals surface area contributed by atoms with Crippen LogP contribution in [0.15, 0.2) is 27.2 Å². The molecule has 2 N–H and O–H groups in total. The Morgan fingerprint density at radius 2 is 2.31 bits per heavy atom. The zero-order valence-corrected chi connectivity index (χ0v) is 10.2. The minimum atomic E-state index is 0.333. The van der Waals surface area contributed by atoms with Crippen molar-refractivity contribution in [3.63, 3.8) is 0 Å². The summed E-state index contributed by atoms with van der Waals surface area (Å²) in [5, 5.41) is 3.78. The normalized spacial score (nSPS) is 10.6. The first-order valence-electron chi connectivity index (χ1n) is 4.57. The Labute approximate surface area is 101 Å². The van der Waals surface area contributed by atoms with E-state index in [0.29, 0.717) is 24.0 Å². The van der Waals surface area contributed by atoms with Gasteiger partial charge in [-0.15, -0.1) is 0 Å². The van der Waals surface area contributed by atoms with Crippen LogP contribution in [0, 0.1) is 0 Å². The number of nitrogen functional groups attached to an aromatic ring is 1. The van der Waals surface area contributed by atoms with Crippen molar-refractivity contribution in [2.45, 2.75) is 6.61 Å². The van der Waals surface area contributed by atoms with Crippen LogP contribution in [0.2, 0.25) is 0 Å². The summed E-state index contributed by atoms with van der Waals surface area (Å²) >= 11 is 3.34. The first kappa shape index (κ1) is 11.1. The average molecular weight is 284 g/mol. The summed E-state index contributed by atoms with van der Waals surface area (Å²) in [4.78, 5) is 4.18. The molecule has 1 aromatic carbocycles. The van der Waals surface area contributed by atoms with E-state index < -0.39 is 0 Å². The van der Waals surface area contributed by atoms with Gasteiger partial charge in [0.25, 0.3) is 5.89 Å². The summed E-state index contributed by atoms with van der Waals surface area (Å²) in [6.45, 7) is 0.333. The molecule has 0 saturated heterocycles. The lowest BCUT2D eigenvalue weighted by molar-refractivity contribution is 0.174. The van der Waals surface area contributed by atoms with Crippen molar-refractivity contribution in [1.29, 1.82) is 0 Å². The van der Waals surface area contributed by atoms with Gasteiger partial charge in [0, 0.05) is 22.8 Å². The van der Waals surface area contributed by atoms with Gasteiger partial charge in [-0.25, -0.2) is 0 Å². The van der Waals surface area contributed by atoms with Crippen molar-refractivity contribution in [3.8, 4) is 11.5 Å². The Morgan fingerprint density at radius 3 is 3.00 bits per heavy atom. The van der Waals surface area contributed by atoms with E-state index in [9.17, 15) is 0 Å². The lowest BCUT2D eigenvalue weighted by Gasteiger charge is -1.98. The Bertz CT molecular complexity index is 499. The van der Waals surface area contributed by atoms with Crippen LogP contribution in [-0.2, 0) is 11.3 Å². The molecule has 0 bridgehead atoms. The lowest BCUT2D eigenvalue weighted by Crippen LogP contribution is -1.90. The minimum absolute atomic E-state index is 0.333. The van der Waals surface area contributed by atoms with Crippen molar-refractivity contribution in [1.82, 2.24) is 10.1 Å². The second-order valence-electron chi connectivity index (χ2n) is 3.19. The van der Waals surface area contributed by atoms with E-state index in [4.69, 9.17) is 15.0 Å². The molecule has 1 heterocycles. The highest BCUT2D eigenvalue weighted by Crippen LogP contribution is 2.26. The maximum absolute atomic E-state index is 5.69. The van der Waals surface area contributed by atoms with Gasteiger partial charge >= 0.3 is 0 Å². The quantitative estimate of drug-likeness (QED) is 0.875. The van der Waals surface area contributed by atoms with Crippen molar-refractivity contribution in [2.75, 3.05) is 12.8 Å². The smallest absolute Gasteiger partial charge is 0.258 e. The maximum atomic E-state index is 5.69. The Hall–Kier alpha value is -1.40. The molecule has 5 nitrogen and oxygen atoms in total. The molecule has 84 valence electrons. The van der Waals surface area contributed by atoms with E-state index in [2.05, 4.69) is 26.1 Å². The number of halogens is 1. The molecule has 0 saturated carbocycles. The van der Waals surface area contributed by atoms with Crippen LogP contribution in [0.5, 0.6) is 0 Å². The third-order valence-electron chi connectivity index (χ3n) is 1.99. The highest BCUT2D eigenvalue weighted by atomic mass is 79.9. The van der Waals surface area contributed by atoms with Gasteiger partial charge in [-0.3, -0.25) is 0 Å². The van der Waals surface area contributed by atoms with Gasteiger partial charge in [0.15, 0.2) is 5.82 Å². The Kier molecular flexibility index (Phi) is 3.21. The summed E-state index contributed by atoms with van der Waals surface area (Å²) in [6, 6.07) is 5.43. The van der Waals surface area contributed by atoms with Gasteiger partial charge in [-0.1, -0.05) is 5.16 Å². The Balaban J connectivity index is 2.31. The molecule has 0 unspecified atom stereocenters. The van der Waals surface area contributed by atoms with Crippen LogP contribution in [0.25, 0.3) is 11.5 Å². The third kappa shape index (κ3) is 2.23. The van der Waals surface area contributed by atoms with E-state index in [0.717, 1.165) is 10.0 Å². The number of methoxy groups -OCH3 is 1. The molecule has 2 rings (SSSR count). The summed E-state index contributed by atoms with van der Waals surface area (Å²) in [5.41, 5.74) is 7.17. The number of anilines is 1. The zero-order chi connectivity index (χ0) is 11.5. The fraction of sp³-hybridized carbons (Fsp3) is 0.200. The molecular weight excluding hydrogens is 274 g/mol. The lowest BCUT2D eigenvalue weighted by atomic mass is 10.2. The summed E-state index contributed by atoms with van der Waals surface area (Å²) in [6.07, 6.45) is 0. The number of benzene rings is 1. The average Bonchev–Trinajstić information content (AvgIpc) is 2.71. The number of hydrogen-bond donors (Lipinski definition) is 1. The molecule has 6 heteroatoms. The first-order valence-corrected chi connectivity index (χ1v) is 5.37. The molecule has 0 aliphatic rings. The van der Waals surface area contributed by atoms with Crippen molar-refractivity contribution >= 4 is 21.6 Å². The largest absolute Gasteiger partial charge is 0.398 e. The van der Waals surface area contributed by atoms with E-state index >= 15 is 0 Å². The van der Waals surface area contributed by atoms with Crippen molar-refractivity contribution in [2.24, 2.45) is 0 Å². The van der Waals surface area contributed by atoms with Crippen molar-refractivity contribution in [3.05, 3.63) is 28.5 Å². The number of ether oxygens (including phenoxy) is 1. The van der Waals surface area contributed by atoms with Gasteiger partial charge in [0.1, 0.15) is 6.61 Å². The summed E-state index contributed by atoms with van der Waals surface area (Å²) in [7, 11) is 1.58. The second kappa shape index (κ2) is 4.63. The molecule has 0 atom stereocenters. The predicted octanol–water partition coefficient (Wildman–Crippen LogP) is 2.23. The van der Waals surface area contributed by atoms with Gasteiger partial charge in [-0.2, -0.15) is 4.98 Å². The monoisotopic (exact) mass is 283 g/mol. The molecule has 0 aliphatic heterocycles. The van der Waals surface area contributed by atoms with Gasteiger partial charge in [-0.05, 0) is 34.1 Å². The van der Waals surface area contributed by atoms with E-state index in [1.165, 1.54) is 0 Å². The fourth-order valence-corrected chi connectivity index (χ4v) is 1.60. The summed E-state index contributed by atoms with van der Waals surface area (Å²) in [5.74, 6) is 0.971. The topological polar surface area (TPSA) is 74.2 Å². The molecule has 1 aromatic heterocycles. The fourth-order valence-electron chi connectivity index (χ4n) is 1.22. The molecule has 0 amide bonds. The van der Waals surface area contributed by atoms with Crippen LogP contribution in [-0.4, -0.2) is 17.3 Å². The number of nitrogens with two attached hydrogens (primary N) is 1. The number of nitrogens with zero attached hydrogens (tertiary/aromatic N) is 2. The molecule has 0 spiro atoms. The van der Waals surface area contributed by atoms with Gasteiger partial charge in [0.2, 0.25) is 0 Å². The predicted molar refractivity (Wildman–Crippen MR) is 62.6 cm³/mol. The van der Waals surface area contributed by atoms with Crippen LogP contribution in [0.4, 0.5) is 5.69 Å². The minimum Gasteiger partial charge on any atom is -0.398 e. The SMILES string of the molecule is COCc1noc(-c2ccc(N)c(Br)c2)n1. The molecule has 0 radical (unpaired) electrons. The van der Waals surface area contributed by atoms with Crippen LogP contribution in [0.3, 0.4) is 0 Å². The third-order valence-corrected chi connectivity index (χ3v) is 2.68. The highest BCUT2D eigenvalue weighted by Gasteiger charge is 2.09. The van der Waals surface area contributed by atoms with Crippen molar-refractivity contribution < 1.29 is 9.26 Å². The van der Waals surface area contributed by atoms with Gasteiger partial charge in [0.05, 0.1) is 0 Å². The molecular formula is C10H10BrN3O2.